The molecule has 0 unspecified atom stereocenters. The number of para-hydroxylation sites is 1. The van der Waals surface area contributed by atoms with Gasteiger partial charge in [-0.3, -0.25) is 0 Å². The first-order chi connectivity index (χ1) is 10.9. The van der Waals surface area contributed by atoms with Crippen LogP contribution in [0.3, 0.4) is 0 Å². The summed E-state index contributed by atoms with van der Waals surface area (Å²) in [4.78, 5) is 3.85. The zero-order valence-electron chi connectivity index (χ0n) is 14.4. The minimum Gasteiger partial charge on any atom is -0.358 e. The van der Waals surface area contributed by atoms with Crippen LogP contribution in [0.5, 0.6) is 0 Å². The smallest absolute Gasteiger partial charge is 0.0459 e. The van der Waals surface area contributed by atoms with Crippen molar-refractivity contribution < 1.29 is 0 Å². The van der Waals surface area contributed by atoms with Crippen LogP contribution >= 0.6 is 0 Å². The SMILES string of the molecule is CC(C)(N)c1c(C23CC4CC(CC(C4)C2)C3)[nH]c2ccccc12. The largest absolute Gasteiger partial charge is 0.358 e. The summed E-state index contributed by atoms with van der Waals surface area (Å²) in [6.07, 6.45) is 8.61. The van der Waals surface area contributed by atoms with Gasteiger partial charge in [-0.2, -0.15) is 0 Å². The maximum absolute atomic E-state index is 6.67. The third kappa shape index (κ3) is 1.97. The fraction of sp³-hybridized carbons (Fsp3) is 0.619. The van der Waals surface area contributed by atoms with Crippen LogP contribution in [-0.2, 0) is 11.0 Å². The highest BCUT2D eigenvalue weighted by molar-refractivity contribution is 5.86. The first-order valence-corrected chi connectivity index (χ1v) is 9.35. The summed E-state index contributed by atoms with van der Waals surface area (Å²) in [6.45, 7) is 4.35. The minimum atomic E-state index is -0.293. The van der Waals surface area contributed by atoms with Crippen LogP contribution in [0.25, 0.3) is 10.9 Å². The molecule has 0 aliphatic heterocycles. The van der Waals surface area contributed by atoms with Gasteiger partial charge in [0.1, 0.15) is 0 Å². The molecule has 4 bridgehead atoms. The highest BCUT2D eigenvalue weighted by Crippen LogP contribution is 2.61. The summed E-state index contributed by atoms with van der Waals surface area (Å²) in [5.41, 5.74) is 10.9. The van der Waals surface area contributed by atoms with Crippen molar-refractivity contribution in [1.82, 2.24) is 4.98 Å². The predicted octanol–water partition coefficient (Wildman–Crippen LogP) is 4.83. The van der Waals surface area contributed by atoms with E-state index in [2.05, 4.69) is 43.1 Å². The van der Waals surface area contributed by atoms with Gasteiger partial charge in [-0.05, 0) is 76.2 Å². The molecular formula is C21H28N2. The molecule has 2 aromatic rings. The number of rotatable bonds is 2. The van der Waals surface area contributed by atoms with Crippen LogP contribution in [0.15, 0.2) is 24.3 Å². The molecule has 0 atom stereocenters. The van der Waals surface area contributed by atoms with E-state index in [1.165, 1.54) is 60.7 Å². The van der Waals surface area contributed by atoms with E-state index in [-0.39, 0.29) is 5.54 Å². The second-order valence-electron chi connectivity index (χ2n) is 9.34. The second-order valence-corrected chi connectivity index (χ2v) is 9.34. The fourth-order valence-electron chi connectivity index (χ4n) is 6.63. The number of nitrogens with one attached hydrogen (secondary N) is 1. The van der Waals surface area contributed by atoms with E-state index in [0.717, 1.165) is 17.8 Å². The lowest BCUT2D eigenvalue weighted by Crippen LogP contribution is -2.50. The Morgan fingerprint density at radius 3 is 2.13 bits per heavy atom. The molecule has 1 aromatic heterocycles. The summed E-state index contributed by atoms with van der Waals surface area (Å²) < 4.78 is 0. The number of hydrogen-bond acceptors (Lipinski definition) is 1. The average molecular weight is 308 g/mol. The molecular weight excluding hydrogens is 280 g/mol. The first kappa shape index (κ1) is 14.1. The third-order valence-electron chi connectivity index (χ3n) is 6.92. The molecule has 4 saturated carbocycles. The van der Waals surface area contributed by atoms with Crippen LogP contribution in [-0.4, -0.2) is 4.98 Å². The molecule has 23 heavy (non-hydrogen) atoms. The Hall–Kier alpha value is -1.28. The second kappa shape index (κ2) is 4.42. The van der Waals surface area contributed by atoms with Crippen molar-refractivity contribution in [2.45, 2.75) is 63.3 Å². The fourth-order valence-corrected chi connectivity index (χ4v) is 6.63. The number of benzene rings is 1. The minimum absolute atomic E-state index is 0.293. The van der Waals surface area contributed by atoms with Gasteiger partial charge in [-0.25, -0.2) is 0 Å². The van der Waals surface area contributed by atoms with E-state index < -0.39 is 0 Å². The van der Waals surface area contributed by atoms with E-state index in [4.69, 9.17) is 5.73 Å². The van der Waals surface area contributed by atoms with Crippen LogP contribution in [0.4, 0.5) is 0 Å². The molecule has 0 saturated heterocycles. The van der Waals surface area contributed by atoms with Gasteiger partial charge in [-0.1, -0.05) is 18.2 Å². The highest BCUT2D eigenvalue weighted by Gasteiger charge is 2.53. The monoisotopic (exact) mass is 308 g/mol. The van der Waals surface area contributed by atoms with Crippen molar-refractivity contribution in [2.75, 3.05) is 0 Å². The van der Waals surface area contributed by atoms with Gasteiger partial charge in [0, 0.05) is 33.1 Å². The Bertz CT molecular complexity index is 726. The maximum Gasteiger partial charge on any atom is 0.0459 e. The van der Waals surface area contributed by atoms with Crippen LogP contribution < -0.4 is 5.73 Å². The van der Waals surface area contributed by atoms with Gasteiger partial charge in [0.2, 0.25) is 0 Å². The Balaban J connectivity index is 1.74. The van der Waals surface area contributed by atoms with Crippen molar-refractivity contribution in [1.29, 1.82) is 0 Å². The lowest BCUT2D eigenvalue weighted by molar-refractivity contribution is -0.00764. The van der Waals surface area contributed by atoms with Crippen molar-refractivity contribution in [3.63, 3.8) is 0 Å². The lowest BCUT2D eigenvalue weighted by Gasteiger charge is -2.57. The van der Waals surface area contributed by atoms with Gasteiger partial charge in [-0.15, -0.1) is 0 Å². The molecule has 0 amide bonds. The third-order valence-corrected chi connectivity index (χ3v) is 6.92. The van der Waals surface area contributed by atoms with Gasteiger partial charge in [0.25, 0.3) is 0 Å². The summed E-state index contributed by atoms with van der Waals surface area (Å²) in [5.74, 6) is 2.88. The Morgan fingerprint density at radius 2 is 1.57 bits per heavy atom. The highest BCUT2D eigenvalue weighted by atomic mass is 14.8. The van der Waals surface area contributed by atoms with Crippen molar-refractivity contribution in [2.24, 2.45) is 23.5 Å². The molecule has 2 heteroatoms. The van der Waals surface area contributed by atoms with Gasteiger partial charge in [0.05, 0.1) is 0 Å². The zero-order chi connectivity index (χ0) is 15.8. The zero-order valence-corrected chi connectivity index (χ0v) is 14.4. The van der Waals surface area contributed by atoms with Crippen molar-refractivity contribution >= 4 is 10.9 Å². The standard InChI is InChI=1S/C21H28N2/c1-20(2,22)18-16-5-3-4-6-17(16)23-19(18)21-10-13-7-14(11-21)9-15(8-13)12-21/h3-6,13-15,23H,7-12,22H2,1-2H3. The number of aromatic amines is 1. The Labute approximate surface area is 138 Å². The van der Waals surface area contributed by atoms with Crippen molar-refractivity contribution in [3.05, 3.63) is 35.5 Å². The topological polar surface area (TPSA) is 41.8 Å². The van der Waals surface area contributed by atoms with Crippen molar-refractivity contribution in [3.8, 4) is 0 Å². The van der Waals surface area contributed by atoms with Crippen LogP contribution in [0.2, 0.25) is 0 Å². The summed E-state index contributed by atoms with van der Waals surface area (Å²) in [7, 11) is 0. The number of fused-ring (bicyclic) bond motifs is 1. The van der Waals surface area contributed by atoms with Gasteiger partial charge in [0.15, 0.2) is 0 Å². The summed E-state index contributed by atoms with van der Waals surface area (Å²) >= 11 is 0. The Morgan fingerprint density at radius 1 is 1.00 bits per heavy atom. The molecule has 6 rings (SSSR count). The Kier molecular flexibility index (Phi) is 2.71. The molecule has 4 aliphatic carbocycles. The lowest BCUT2D eigenvalue weighted by atomic mass is 9.48. The van der Waals surface area contributed by atoms with E-state index >= 15 is 0 Å². The normalized spacial score (nSPS) is 36.0. The van der Waals surface area contributed by atoms with E-state index in [1.807, 2.05) is 0 Å². The predicted molar refractivity (Wildman–Crippen MR) is 95.4 cm³/mol. The average Bonchev–Trinajstić information content (AvgIpc) is 2.86. The molecule has 1 aromatic carbocycles. The van der Waals surface area contributed by atoms with E-state index in [0.29, 0.717) is 5.41 Å². The quantitative estimate of drug-likeness (QED) is 0.820. The number of hydrogen-bond donors (Lipinski definition) is 2. The van der Waals surface area contributed by atoms with E-state index in [9.17, 15) is 0 Å². The van der Waals surface area contributed by atoms with Crippen LogP contribution in [0, 0.1) is 17.8 Å². The molecule has 1 heterocycles. The number of H-pyrrole nitrogens is 1. The van der Waals surface area contributed by atoms with Crippen LogP contribution in [0.1, 0.15) is 63.6 Å². The molecule has 122 valence electrons. The van der Waals surface area contributed by atoms with E-state index in [1.54, 1.807) is 0 Å². The van der Waals surface area contributed by atoms with Gasteiger partial charge >= 0.3 is 0 Å². The molecule has 0 spiro atoms. The summed E-state index contributed by atoms with van der Waals surface area (Å²) in [6, 6.07) is 8.75. The first-order valence-electron chi connectivity index (χ1n) is 9.35. The summed E-state index contributed by atoms with van der Waals surface area (Å²) in [5, 5.41) is 1.34. The van der Waals surface area contributed by atoms with Gasteiger partial charge < -0.3 is 10.7 Å². The number of aromatic nitrogens is 1. The maximum atomic E-state index is 6.67. The molecule has 3 N–H and O–H groups in total. The molecule has 4 aliphatic rings. The molecule has 2 nitrogen and oxygen atoms in total. The number of nitrogens with two attached hydrogens (primary N) is 1. The molecule has 0 radical (unpaired) electrons. The molecule has 4 fully saturated rings.